The number of imide groups is 1. The van der Waals surface area contributed by atoms with Crippen LogP contribution in [0.3, 0.4) is 0 Å². The number of rotatable bonds is 24. The lowest BCUT2D eigenvalue weighted by Gasteiger charge is -2.14. The zero-order valence-corrected chi connectivity index (χ0v) is 38.3. The summed E-state index contributed by atoms with van der Waals surface area (Å²) in [5.74, 6) is -2.13. The van der Waals surface area contributed by atoms with Crippen molar-refractivity contribution in [2.75, 3.05) is 31.8 Å². The van der Waals surface area contributed by atoms with Crippen LogP contribution >= 0.6 is 11.3 Å². The average Bonchev–Trinajstić information content (AvgIpc) is 3.95. The van der Waals surface area contributed by atoms with Crippen LogP contribution in [-0.2, 0) is 19.1 Å². The molecule has 2 amide bonds. The molecule has 0 spiro atoms. The highest BCUT2D eigenvalue weighted by molar-refractivity contribution is 7.22. The number of carbonyl (C=O) groups is 6. The Labute approximate surface area is 405 Å². The van der Waals surface area contributed by atoms with E-state index < -0.39 is 23.9 Å². The van der Waals surface area contributed by atoms with Gasteiger partial charge in [0.1, 0.15) is 28.7 Å². The molecule has 2 heterocycles. The van der Waals surface area contributed by atoms with E-state index in [1.165, 1.54) is 78.2 Å². The number of hydrogen-bond acceptors (Lipinski definition) is 17. The smallest absolute Gasteiger partial charge is 0.343 e. The van der Waals surface area contributed by atoms with E-state index in [2.05, 4.69) is 22.1 Å². The number of nitrogens with one attached hydrogen (secondary N) is 2. The van der Waals surface area contributed by atoms with Gasteiger partial charge in [0.15, 0.2) is 0 Å². The first-order chi connectivity index (χ1) is 34.1. The molecule has 5 aromatic carbocycles. The van der Waals surface area contributed by atoms with E-state index in [0.29, 0.717) is 36.3 Å². The fourth-order valence-electron chi connectivity index (χ4n) is 6.62. The number of benzene rings is 5. The minimum absolute atomic E-state index is 0.0129. The van der Waals surface area contributed by atoms with Crippen molar-refractivity contribution in [2.24, 2.45) is 5.10 Å². The zero-order chi connectivity index (χ0) is 49.2. The van der Waals surface area contributed by atoms with Crippen LogP contribution in [0.25, 0.3) is 10.2 Å². The summed E-state index contributed by atoms with van der Waals surface area (Å²) in [5.41, 5.74) is 4.54. The van der Waals surface area contributed by atoms with Crippen LogP contribution in [-0.4, -0.2) is 84.4 Å². The molecule has 7 rings (SSSR count). The normalized spacial score (nSPS) is 11.9. The fraction of sp³-hybridized carbons (Fsp3) is 0.173. The predicted octanol–water partition coefficient (Wildman–Crippen LogP) is 8.76. The molecule has 0 fully saturated rings. The zero-order valence-electron chi connectivity index (χ0n) is 37.5. The predicted molar refractivity (Wildman–Crippen MR) is 260 cm³/mol. The second kappa shape index (κ2) is 24.3. The van der Waals surface area contributed by atoms with Gasteiger partial charge in [0, 0.05) is 42.1 Å². The lowest BCUT2D eigenvalue weighted by Crippen LogP contribution is -2.31. The molecule has 356 valence electrons. The Morgan fingerprint density at radius 1 is 0.657 bits per heavy atom. The Balaban J connectivity index is 0.965. The number of carbonyl (C=O) groups excluding carboxylic acids is 6. The molecule has 1 aromatic heterocycles. The van der Waals surface area contributed by atoms with E-state index >= 15 is 0 Å². The summed E-state index contributed by atoms with van der Waals surface area (Å²) in [6.45, 7) is 4.63. The van der Waals surface area contributed by atoms with Crippen molar-refractivity contribution >= 4 is 74.8 Å². The van der Waals surface area contributed by atoms with Crippen LogP contribution in [0.15, 0.2) is 139 Å². The summed E-state index contributed by atoms with van der Waals surface area (Å²) >= 11 is 1.38. The number of para-hydroxylation sites is 1. The number of amides is 2. The van der Waals surface area contributed by atoms with Gasteiger partial charge in [-0.15, -0.1) is 0 Å². The van der Waals surface area contributed by atoms with Crippen molar-refractivity contribution in [3.63, 3.8) is 0 Å². The molecule has 6 aromatic rings. The highest BCUT2D eigenvalue weighted by Gasteiger charge is 2.23. The van der Waals surface area contributed by atoms with Crippen LogP contribution in [0.1, 0.15) is 74.3 Å². The van der Waals surface area contributed by atoms with Gasteiger partial charge in [-0.1, -0.05) is 30.0 Å². The monoisotopic (exact) mass is 963 g/mol. The van der Waals surface area contributed by atoms with Crippen molar-refractivity contribution in [2.45, 2.75) is 32.1 Å². The molecule has 70 heavy (non-hydrogen) atoms. The highest BCUT2D eigenvalue weighted by Crippen LogP contribution is 2.30. The number of ether oxygens (including phenoxy) is 6. The number of hydrogen-bond donors (Lipinski definition) is 2. The maximum atomic E-state index is 13.6. The van der Waals surface area contributed by atoms with Gasteiger partial charge in [-0.2, -0.15) is 5.10 Å². The quantitative estimate of drug-likeness (QED) is 0.0110. The number of esters is 4. The van der Waals surface area contributed by atoms with E-state index in [-0.39, 0.29) is 70.0 Å². The van der Waals surface area contributed by atoms with E-state index in [9.17, 15) is 28.8 Å². The Morgan fingerprint density at radius 2 is 1.19 bits per heavy atom. The van der Waals surface area contributed by atoms with Gasteiger partial charge < -0.3 is 33.8 Å². The summed E-state index contributed by atoms with van der Waals surface area (Å²) in [7, 11) is 0. The van der Waals surface area contributed by atoms with E-state index in [0.717, 1.165) is 53.1 Å². The Kier molecular flexibility index (Phi) is 17.1. The summed E-state index contributed by atoms with van der Waals surface area (Å²) in [6, 6.07) is 28.8. The SMILES string of the molecule is C=CC(=O)OCCCCCCOc1ccc(C(=O)Oc2ccc(C(=O)Oc3cc(C=N)c(OC(=O)c4ccc(OCCCN5C(=O)C=CC5=O)cc4)cc3/C=N/Nc3nc4ccccc4s3)cc2)cc1. The number of fused-ring (bicyclic) bond motifs is 1. The maximum absolute atomic E-state index is 13.6. The molecule has 0 radical (unpaired) electrons. The first kappa shape index (κ1) is 49.1. The van der Waals surface area contributed by atoms with Crippen LogP contribution < -0.4 is 29.1 Å². The van der Waals surface area contributed by atoms with Crippen molar-refractivity contribution in [3.05, 3.63) is 162 Å². The lowest BCUT2D eigenvalue weighted by atomic mass is 10.1. The number of unbranched alkanes of at least 4 members (excludes halogenated alkanes) is 3. The van der Waals surface area contributed by atoms with Crippen molar-refractivity contribution < 1.29 is 57.2 Å². The third kappa shape index (κ3) is 13.7. The van der Waals surface area contributed by atoms with Gasteiger partial charge in [0.25, 0.3) is 11.8 Å². The third-order valence-corrected chi connectivity index (χ3v) is 11.2. The molecule has 0 unspecified atom stereocenters. The molecule has 0 saturated carbocycles. The van der Waals surface area contributed by atoms with Crippen molar-refractivity contribution in [1.29, 1.82) is 5.41 Å². The Bertz CT molecular complexity index is 2900. The van der Waals surface area contributed by atoms with Crippen LogP contribution in [0.4, 0.5) is 5.13 Å². The minimum atomic E-state index is -0.783. The summed E-state index contributed by atoms with van der Waals surface area (Å²) in [5, 5.41) is 12.9. The highest BCUT2D eigenvalue weighted by atomic mass is 32.1. The van der Waals surface area contributed by atoms with E-state index in [4.69, 9.17) is 33.8 Å². The first-order valence-corrected chi connectivity index (χ1v) is 22.8. The van der Waals surface area contributed by atoms with Crippen molar-refractivity contribution in [1.82, 2.24) is 9.88 Å². The van der Waals surface area contributed by atoms with Gasteiger partial charge in [-0.3, -0.25) is 19.9 Å². The second-order valence-corrected chi connectivity index (χ2v) is 16.2. The molecule has 1 aliphatic heterocycles. The lowest BCUT2D eigenvalue weighted by molar-refractivity contribution is -0.138. The third-order valence-electron chi connectivity index (χ3n) is 10.3. The summed E-state index contributed by atoms with van der Waals surface area (Å²) in [4.78, 5) is 80.2. The fourth-order valence-corrected chi connectivity index (χ4v) is 7.44. The molecule has 0 saturated heterocycles. The topological polar surface area (TPSA) is 222 Å². The number of hydrazone groups is 1. The Hall–Kier alpha value is -8.77. The number of anilines is 1. The van der Waals surface area contributed by atoms with E-state index in [1.54, 1.807) is 36.4 Å². The first-order valence-electron chi connectivity index (χ1n) is 21.9. The van der Waals surface area contributed by atoms with Gasteiger partial charge >= 0.3 is 23.9 Å². The number of nitrogens with zero attached hydrogens (tertiary/aromatic N) is 3. The van der Waals surface area contributed by atoms with Crippen molar-refractivity contribution in [3.8, 4) is 28.7 Å². The minimum Gasteiger partial charge on any atom is -0.494 e. The number of aromatic nitrogens is 1. The summed E-state index contributed by atoms with van der Waals surface area (Å²) in [6.07, 6.45) is 9.65. The molecular weight excluding hydrogens is 919 g/mol. The number of thiazole rings is 1. The molecule has 17 nitrogen and oxygen atoms in total. The Morgan fingerprint density at radius 3 is 1.77 bits per heavy atom. The molecule has 18 heteroatoms. The van der Waals surface area contributed by atoms with Crippen LogP contribution in [0.5, 0.6) is 28.7 Å². The molecular formula is C52H45N5O12S. The largest absolute Gasteiger partial charge is 0.494 e. The van der Waals surface area contributed by atoms with Gasteiger partial charge in [0.2, 0.25) is 5.13 Å². The average molecular weight is 964 g/mol. The molecule has 1 aliphatic rings. The molecule has 0 atom stereocenters. The maximum Gasteiger partial charge on any atom is 0.343 e. The standard InChI is InChI=1S/C52H45N5O12S/c1-2-48(60)66-28-8-4-3-7-27-64-39-18-12-34(13-19-39)49(61)67-41-22-16-36(17-23-41)51(63)69-44-30-37(32-53)43(31-38(44)33-54-56-52-55-42-10-5-6-11-45(42)70-52)68-50(62)35-14-20-40(21-15-35)65-29-9-26-57-46(58)24-25-47(57)59/h2,5-6,10-25,30-33,53H,1,3-4,7-9,26-29H2,(H,55,56)/b53-32?,54-33+. The van der Waals surface area contributed by atoms with Gasteiger partial charge in [-0.25, -0.2) is 24.2 Å². The van der Waals surface area contributed by atoms with Crippen LogP contribution in [0, 0.1) is 5.41 Å². The van der Waals surface area contributed by atoms with E-state index in [1.807, 2.05) is 24.3 Å². The van der Waals surface area contributed by atoms with Crippen LogP contribution in [0.2, 0.25) is 0 Å². The van der Waals surface area contributed by atoms with Gasteiger partial charge in [-0.05, 0) is 129 Å². The second-order valence-electron chi connectivity index (χ2n) is 15.2. The molecule has 0 aliphatic carbocycles. The molecule has 0 bridgehead atoms. The van der Waals surface area contributed by atoms with Gasteiger partial charge in [0.05, 0.1) is 52.9 Å². The summed E-state index contributed by atoms with van der Waals surface area (Å²) < 4.78 is 34.5. The molecule has 2 N–H and O–H groups in total.